The van der Waals surface area contributed by atoms with Crippen molar-refractivity contribution in [2.45, 2.75) is 53.9 Å². The molecule has 1 rings (SSSR count). The topological polar surface area (TPSA) is 17.1 Å². The fourth-order valence-electron chi connectivity index (χ4n) is 2.10. The largest absolute Gasteiger partial charge is 0.294 e. The van der Waals surface area contributed by atoms with Gasteiger partial charge in [0.2, 0.25) is 0 Å². The number of ketones is 1. The van der Waals surface area contributed by atoms with Crippen LogP contribution < -0.4 is 0 Å². The third-order valence-corrected chi connectivity index (χ3v) is 3.40. The normalized spacial score (nSPS) is 10.6. The van der Waals surface area contributed by atoms with Crippen LogP contribution in [0.5, 0.6) is 0 Å². The minimum absolute atomic E-state index is 0.309. The molecule has 88 valence electrons. The lowest BCUT2D eigenvalue weighted by atomic mass is 9.90. The monoisotopic (exact) mass is 218 g/mol. The van der Waals surface area contributed by atoms with Crippen molar-refractivity contribution < 1.29 is 4.79 Å². The molecular weight excluding hydrogens is 196 g/mol. The van der Waals surface area contributed by atoms with Gasteiger partial charge in [-0.3, -0.25) is 4.79 Å². The van der Waals surface area contributed by atoms with Crippen molar-refractivity contribution >= 4 is 5.78 Å². The van der Waals surface area contributed by atoms with Gasteiger partial charge >= 0.3 is 0 Å². The van der Waals surface area contributed by atoms with Crippen LogP contribution in [0.3, 0.4) is 0 Å². The van der Waals surface area contributed by atoms with Crippen molar-refractivity contribution in [3.63, 3.8) is 0 Å². The van der Waals surface area contributed by atoms with Gasteiger partial charge in [0.1, 0.15) is 0 Å². The van der Waals surface area contributed by atoms with Gasteiger partial charge in [-0.15, -0.1) is 0 Å². The predicted octanol–water partition coefficient (Wildman–Crippen LogP) is 4.29. The van der Waals surface area contributed by atoms with E-state index in [0.29, 0.717) is 12.2 Å². The summed E-state index contributed by atoms with van der Waals surface area (Å²) in [5.41, 5.74) is 5.73. The molecule has 0 fully saturated rings. The molecule has 1 heteroatoms. The molecule has 0 N–H and O–H groups in total. The number of unbranched alkanes of at least 4 members (excludes halogenated alkanes) is 1. The Balaban J connectivity index is 3.16. The number of Topliss-reactive ketones (excluding diaryl/α,β-unsaturated/α-hetero) is 1. The zero-order valence-corrected chi connectivity index (χ0v) is 11.1. The average Bonchev–Trinajstić information content (AvgIpc) is 2.24. The third kappa shape index (κ3) is 2.52. The van der Waals surface area contributed by atoms with Crippen LogP contribution in [-0.4, -0.2) is 5.78 Å². The van der Waals surface area contributed by atoms with Crippen LogP contribution in [0.15, 0.2) is 6.07 Å². The van der Waals surface area contributed by atoms with Gasteiger partial charge in [-0.05, 0) is 56.4 Å². The van der Waals surface area contributed by atoms with Crippen molar-refractivity contribution in [1.29, 1.82) is 0 Å². The molecule has 1 aromatic rings. The summed E-state index contributed by atoms with van der Waals surface area (Å²) in [6, 6.07) is 2.17. The summed E-state index contributed by atoms with van der Waals surface area (Å²) < 4.78 is 0. The van der Waals surface area contributed by atoms with E-state index >= 15 is 0 Å². The Hall–Kier alpha value is -1.11. The highest BCUT2D eigenvalue weighted by molar-refractivity contribution is 5.99. The summed E-state index contributed by atoms with van der Waals surface area (Å²) in [4.78, 5) is 12.1. The number of rotatable bonds is 4. The van der Waals surface area contributed by atoms with E-state index in [0.717, 1.165) is 29.5 Å². The molecule has 16 heavy (non-hydrogen) atoms. The van der Waals surface area contributed by atoms with Crippen LogP contribution in [0, 0.1) is 27.7 Å². The van der Waals surface area contributed by atoms with E-state index in [1.807, 2.05) is 0 Å². The van der Waals surface area contributed by atoms with Gasteiger partial charge in [-0.1, -0.05) is 19.4 Å². The fourth-order valence-corrected chi connectivity index (χ4v) is 2.10. The molecule has 0 atom stereocenters. The first kappa shape index (κ1) is 13.0. The molecule has 0 amide bonds. The number of aryl methyl sites for hydroxylation is 2. The van der Waals surface area contributed by atoms with Gasteiger partial charge in [-0.2, -0.15) is 0 Å². The van der Waals surface area contributed by atoms with Crippen LogP contribution >= 0.6 is 0 Å². The van der Waals surface area contributed by atoms with E-state index in [9.17, 15) is 4.79 Å². The van der Waals surface area contributed by atoms with Crippen LogP contribution in [0.1, 0.15) is 58.8 Å². The maximum atomic E-state index is 12.1. The minimum Gasteiger partial charge on any atom is -0.294 e. The Kier molecular flexibility index (Phi) is 4.28. The molecule has 0 aliphatic carbocycles. The molecular formula is C15H22O. The SMILES string of the molecule is CCCCC(=O)c1c(C)c(C)cc(C)c1C. The van der Waals surface area contributed by atoms with Gasteiger partial charge < -0.3 is 0 Å². The van der Waals surface area contributed by atoms with E-state index in [4.69, 9.17) is 0 Å². The second-order valence-electron chi connectivity index (χ2n) is 4.66. The average molecular weight is 218 g/mol. The van der Waals surface area contributed by atoms with Crippen molar-refractivity contribution in [2.75, 3.05) is 0 Å². The molecule has 0 aliphatic heterocycles. The Morgan fingerprint density at radius 2 is 1.56 bits per heavy atom. The Labute approximate surface area is 98.9 Å². The third-order valence-electron chi connectivity index (χ3n) is 3.40. The standard InChI is InChI=1S/C15H22O/c1-6-7-8-14(16)15-12(4)10(2)9-11(3)13(15)5/h9H,6-8H2,1-5H3. The van der Waals surface area contributed by atoms with Crippen LogP contribution in [0.25, 0.3) is 0 Å². The zero-order chi connectivity index (χ0) is 12.3. The first-order chi connectivity index (χ1) is 7.49. The van der Waals surface area contributed by atoms with Gasteiger partial charge in [0.25, 0.3) is 0 Å². The van der Waals surface area contributed by atoms with E-state index < -0.39 is 0 Å². The highest BCUT2D eigenvalue weighted by Gasteiger charge is 2.14. The second-order valence-corrected chi connectivity index (χ2v) is 4.66. The molecule has 1 aromatic carbocycles. The molecule has 1 nitrogen and oxygen atoms in total. The summed E-state index contributed by atoms with van der Waals surface area (Å²) in [7, 11) is 0. The molecule has 0 saturated heterocycles. The van der Waals surface area contributed by atoms with Gasteiger partial charge in [0.15, 0.2) is 5.78 Å². The molecule has 0 bridgehead atoms. The van der Waals surface area contributed by atoms with Crippen molar-refractivity contribution in [3.05, 3.63) is 33.9 Å². The number of carbonyl (C=O) groups is 1. The first-order valence-electron chi connectivity index (χ1n) is 6.09. The lowest BCUT2D eigenvalue weighted by molar-refractivity contribution is 0.0978. The van der Waals surface area contributed by atoms with Crippen LogP contribution in [-0.2, 0) is 0 Å². The molecule has 0 radical (unpaired) electrons. The van der Waals surface area contributed by atoms with E-state index in [1.165, 1.54) is 11.1 Å². The van der Waals surface area contributed by atoms with Gasteiger partial charge in [0.05, 0.1) is 0 Å². The minimum atomic E-state index is 0.309. The van der Waals surface area contributed by atoms with E-state index in [1.54, 1.807) is 0 Å². The number of carbonyl (C=O) groups excluding carboxylic acids is 1. The van der Waals surface area contributed by atoms with Crippen molar-refractivity contribution in [3.8, 4) is 0 Å². The molecule has 0 aromatic heterocycles. The quantitative estimate of drug-likeness (QED) is 0.689. The molecule has 0 heterocycles. The fraction of sp³-hybridized carbons (Fsp3) is 0.533. The summed E-state index contributed by atoms with van der Waals surface area (Å²) in [6.45, 7) is 10.4. The second kappa shape index (κ2) is 5.29. The Bertz CT molecular complexity index is 376. The van der Waals surface area contributed by atoms with Crippen molar-refractivity contribution in [1.82, 2.24) is 0 Å². The Morgan fingerprint density at radius 3 is 2.00 bits per heavy atom. The highest BCUT2D eigenvalue weighted by atomic mass is 16.1. The predicted molar refractivity (Wildman–Crippen MR) is 69.2 cm³/mol. The first-order valence-corrected chi connectivity index (χ1v) is 6.09. The lowest BCUT2D eigenvalue weighted by Crippen LogP contribution is -2.07. The highest BCUT2D eigenvalue weighted by Crippen LogP contribution is 2.23. The molecule has 0 spiro atoms. The summed E-state index contributed by atoms with van der Waals surface area (Å²) in [5.74, 6) is 0.309. The number of benzene rings is 1. The number of hydrogen-bond acceptors (Lipinski definition) is 1. The van der Waals surface area contributed by atoms with Crippen LogP contribution in [0.4, 0.5) is 0 Å². The molecule has 0 aliphatic rings. The Morgan fingerprint density at radius 1 is 1.06 bits per heavy atom. The van der Waals surface area contributed by atoms with Crippen LogP contribution in [0.2, 0.25) is 0 Å². The summed E-state index contributed by atoms with van der Waals surface area (Å²) in [6.07, 6.45) is 2.75. The maximum absolute atomic E-state index is 12.1. The van der Waals surface area contributed by atoms with E-state index in [2.05, 4.69) is 40.7 Å². The van der Waals surface area contributed by atoms with Gasteiger partial charge in [0, 0.05) is 12.0 Å². The lowest BCUT2D eigenvalue weighted by Gasteiger charge is -2.14. The van der Waals surface area contributed by atoms with E-state index in [-0.39, 0.29) is 0 Å². The van der Waals surface area contributed by atoms with Gasteiger partial charge in [-0.25, -0.2) is 0 Å². The summed E-state index contributed by atoms with van der Waals surface area (Å²) >= 11 is 0. The van der Waals surface area contributed by atoms with Crippen molar-refractivity contribution in [2.24, 2.45) is 0 Å². The zero-order valence-electron chi connectivity index (χ0n) is 11.1. The maximum Gasteiger partial charge on any atom is 0.163 e. The smallest absolute Gasteiger partial charge is 0.163 e. The molecule has 0 unspecified atom stereocenters. The number of hydrogen-bond donors (Lipinski definition) is 0. The summed E-state index contributed by atoms with van der Waals surface area (Å²) in [5, 5.41) is 0. The molecule has 0 saturated carbocycles.